The fourth-order valence-corrected chi connectivity index (χ4v) is 2.07. The van der Waals surface area contributed by atoms with Crippen molar-refractivity contribution in [3.8, 4) is 0 Å². The molecule has 0 atom stereocenters. The maximum Gasteiger partial charge on any atom is 0.258 e. The molecule has 1 amide bonds. The molecule has 3 rings (SSSR count). The average molecular weight is 171 g/mol. The second-order valence-electron chi connectivity index (χ2n) is 3.38. The number of amides is 1. The third-order valence-electron chi connectivity index (χ3n) is 2.66. The van der Waals surface area contributed by atoms with Crippen LogP contribution in [-0.4, -0.2) is 17.4 Å². The van der Waals surface area contributed by atoms with E-state index in [-0.39, 0.29) is 5.91 Å². The summed E-state index contributed by atoms with van der Waals surface area (Å²) in [6, 6.07) is 7.81. The molecular weight excluding hydrogens is 162 g/mol. The van der Waals surface area contributed by atoms with Gasteiger partial charge in [-0.1, -0.05) is 24.3 Å². The molecule has 1 aromatic rings. The van der Waals surface area contributed by atoms with Crippen molar-refractivity contribution >= 4 is 11.6 Å². The molecule has 0 radical (unpaired) electrons. The second-order valence-corrected chi connectivity index (χ2v) is 3.38. The highest BCUT2D eigenvalue weighted by molar-refractivity contribution is 6.09. The van der Waals surface area contributed by atoms with Crippen molar-refractivity contribution in [2.75, 3.05) is 6.54 Å². The van der Waals surface area contributed by atoms with Gasteiger partial charge in [0.25, 0.3) is 5.91 Å². The van der Waals surface area contributed by atoms with Gasteiger partial charge in [-0.3, -0.25) is 4.79 Å². The molecule has 2 nitrogen and oxygen atoms in total. The minimum atomic E-state index is 0.166. The first-order valence-electron chi connectivity index (χ1n) is 4.49. The van der Waals surface area contributed by atoms with Gasteiger partial charge in [0, 0.05) is 23.4 Å². The van der Waals surface area contributed by atoms with Crippen molar-refractivity contribution in [1.82, 2.24) is 4.90 Å². The number of carbonyl (C=O) groups is 1. The topological polar surface area (TPSA) is 20.3 Å². The van der Waals surface area contributed by atoms with E-state index in [1.807, 2.05) is 29.2 Å². The average Bonchev–Trinajstić information content (AvgIpc) is 2.72. The van der Waals surface area contributed by atoms with Crippen molar-refractivity contribution in [1.29, 1.82) is 0 Å². The fraction of sp³-hybridized carbons (Fsp3) is 0.182. The lowest BCUT2D eigenvalue weighted by Crippen LogP contribution is -2.20. The molecule has 13 heavy (non-hydrogen) atoms. The number of fused-ring (bicyclic) bond motifs is 3. The molecule has 0 N–H and O–H groups in total. The highest BCUT2D eigenvalue weighted by Crippen LogP contribution is 2.35. The summed E-state index contributed by atoms with van der Waals surface area (Å²) >= 11 is 0. The Kier molecular flexibility index (Phi) is 1.18. The molecule has 0 saturated heterocycles. The lowest BCUT2D eigenvalue weighted by atomic mass is 10.1. The van der Waals surface area contributed by atoms with Gasteiger partial charge in [-0.05, 0) is 12.5 Å². The monoisotopic (exact) mass is 171 g/mol. The molecule has 0 aromatic heterocycles. The van der Waals surface area contributed by atoms with E-state index < -0.39 is 0 Å². The Labute approximate surface area is 76.5 Å². The third-order valence-corrected chi connectivity index (χ3v) is 2.66. The SMILES string of the molecule is O=C1c2ccccc2C2=CCCN12. The summed E-state index contributed by atoms with van der Waals surface area (Å²) in [5.74, 6) is 0.166. The molecule has 0 spiro atoms. The molecular formula is C11H9NO. The zero-order valence-electron chi connectivity index (χ0n) is 7.16. The normalized spacial score (nSPS) is 18.6. The van der Waals surface area contributed by atoms with Crippen LogP contribution >= 0.6 is 0 Å². The molecule has 2 aliphatic rings. The standard InChI is InChI=1S/C11H9NO/c13-11-9-5-2-1-4-8(9)10-6-3-7-12(10)11/h1-2,4-6H,3,7H2. The van der Waals surface area contributed by atoms with Crippen molar-refractivity contribution in [3.63, 3.8) is 0 Å². The van der Waals surface area contributed by atoms with Crippen LogP contribution in [0, 0.1) is 0 Å². The zero-order valence-corrected chi connectivity index (χ0v) is 7.16. The smallest absolute Gasteiger partial charge is 0.258 e. The molecule has 2 heterocycles. The molecule has 2 aliphatic heterocycles. The van der Waals surface area contributed by atoms with E-state index in [1.165, 1.54) is 0 Å². The minimum Gasteiger partial charge on any atom is -0.308 e. The van der Waals surface area contributed by atoms with E-state index in [9.17, 15) is 4.79 Å². The van der Waals surface area contributed by atoms with Gasteiger partial charge in [0.1, 0.15) is 0 Å². The number of carbonyl (C=O) groups excluding carboxylic acids is 1. The predicted octanol–water partition coefficient (Wildman–Crippen LogP) is 1.89. The van der Waals surface area contributed by atoms with Crippen molar-refractivity contribution < 1.29 is 4.79 Å². The Hall–Kier alpha value is -1.57. The third kappa shape index (κ3) is 0.750. The lowest BCUT2D eigenvalue weighted by Gasteiger charge is -2.09. The van der Waals surface area contributed by atoms with E-state index in [0.29, 0.717) is 0 Å². The Morgan fingerprint density at radius 2 is 1.92 bits per heavy atom. The molecule has 2 heteroatoms. The van der Waals surface area contributed by atoms with Crippen molar-refractivity contribution in [2.45, 2.75) is 6.42 Å². The number of rotatable bonds is 0. The molecule has 1 aromatic carbocycles. The van der Waals surface area contributed by atoms with Crippen molar-refractivity contribution in [2.24, 2.45) is 0 Å². The Morgan fingerprint density at radius 3 is 2.77 bits per heavy atom. The van der Waals surface area contributed by atoms with Crippen LogP contribution in [0.5, 0.6) is 0 Å². The molecule has 0 saturated carbocycles. The summed E-state index contributed by atoms with van der Waals surface area (Å²) < 4.78 is 0. The largest absolute Gasteiger partial charge is 0.308 e. The van der Waals surface area contributed by atoms with E-state index in [4.69, 9.17) is 0 Å². The van der Waals surface area contributed by atoms with Gasteiger partial charge in [0.05, 0.1) is 0 Å². The van der Waals surface area contributed by atoms with Crippen LogP contribution < -0.4 is 0 Å². The van der Waals surface area contributed by atoms with Gasteiger partial charge in [0.15, 0.2) is 0 Å². The first kappa shape index (κ1) is 6.89. The summed E-state index contributed by atoms with van der Waals surface area (Å²) in [5, 5.41) is 0. The van der Waals surface area contributed by atoms with Crippen LogP contribution in [0.1, 0.15) is 22.3 Å². The van der Waals surface area contributed by atoms with Crippen LogP contribution in [0.2, 0.25) is 0 Å². The molecule has 0 fully saturated rings. The van der Waals surface area contributed by atoms with Gasteiger partial charge in [-0.15, -0.1) is 0 Å². The summed E-state index contributed by atoms with van der Waals surface area (Å²) in [4.78, 5) is 13.6. The number of nitrogens with zero attached hydrogens (tertiary/aromatic N) is 1. The number of hydrogen-bond acceptors (Lipinski definition) is 1. The summed E-state index contributed by atoms with van der Waals surface area (Å²) in [6.07, 6.45) is 3.14. The quantitative estimate of drug-likeness (QED) is 0.583. The van der Waals surface area contributed by atoms with E-state index in [2.05, 4.69) is 6.08 Å². The molecule has 0 unspecified atom stereocenters. The maximum atomic E-state index is 11.8. The second kappa shape index (κ2) is 2.22. The van der Waals surface area contributed by atoms with Gasteiger partial charge >= 0.3 is 0 Å². The minimum absolute atomic E-state index is 0.166. The van der Waals surface area contributed by atoms with E-state index in [0.717, 1.165) is 29.8 Å². The highest BCUT2D eigenvalue weighted by Gasteiger charge is 2.33. The molecule has 0 aliphatic carbocycles. The summed E-state index contributed by atoms with van der Waals surface area (Å²) in [7, 11) is 0. The Balaban J connectivity index is 2.29. The zero-order chi connectivity index (χ0) is 8.84. The van der Waals surface area contributed by atoms with Crippen LogP contribution in [0.25, 0.3) is 5.70 Å². The summed E-state index contributed by atoms with van der Waals surface area (Å²) in [6.45, 7) is 0.850. The highest BCUT2D eigenvalue weighted by atomic mass is 16.2. The van der Waals surface area contributed by atoms with Gasteiger partial charge < -0.3 is 4.90 Å². The molecule has 0 bridgehead atoms. The van der Waals surface area contributed by atoms with Gasteiger partial charge in [-0.25, -0.2) is 0 Å². The molecule has 64 valence electrons. The first-order valence-corrected chi connectivity index (χ1v) is 4.49. The van der Waals surface area contributed by atoms with Crippen LogP contribution in [0.4, 0.5) is 0 Å². The lowest BCUT2D eigenvalue weighted by molar-refractivity contribution is 0.0858. The Morgan fingerprint density at radius 1 is 1.15 bits per heavy atom. The number of hydrogen-bond donors (Lipinski definition) is 0. The van der Waals surface area contributed by atoms with E-state index in [1.54, 1.807) is 0 Å². The summed E-state index contributed by atoms with van der Waals surface area (Å²) in [5.41, 5.74) is 3.07. The predicted molar refractivity (Wildman–Crippen MR) is 50.1 cm³/mol. The van der Waals surface area contributed by atoms with Crippen LogP contribution in [0.3, 0.4) is 0 Å². The van der Waals surface area contributed by atoms with Gasteiger partial charge in [0.2, 0.25) is 0 Å². The van der Waals surface area contributed by atoms with Crippen LogP contribution in [0.15, 0.2) is 30.3 Å². The first-order chi connectivity index (χ1) is 6.38. The van der Waals surface area contributed by atoms with Crippen LogP contribution in [-0.2, 0) is 0 Å². The maximum absolute atomic E-state index is 11.8. The Bertz CT molecular complexity index is 420. The van der Waals surface area contributed by atoms with Gasteiger partial charge in [-0.2, -0.15) is 0 Å². The van der Waals surface area contributed by atoms with E-state index >= 15 is 0 Å². The van der Waals surface area contributed by atoms with Crippen molar-refractivity contribution in [3.05, 3.63) is 41.5 Å². The fourth-order valence-electron chi connectivity index (χ4n) is 2.07. The number of benzene rings is 1.